The van der Waals surface area contributed by atoms with Crippen LogP contribution < -0.4 is 10.1 Å². The Morgan fingerprint density at radius 2 is 2.12 bits per heavy atom. The maximum Gasteiger partial charge on any atom is 0.260 e. The van der Waals surface area contributed by atoms with Crippen molar-refractivity contribution in [3.8, 4) is 17.3 Å². The lowest BCUT2D eigenvalue weighted by Gasteiger charge is -2.36. The first-order valence-corrected chi connectivity index (χ1v) is 11.3. The largest absolute Gasteiger partial charge is 0.492 e. The van der Waals surface area contributed by atoms with E-state index in [4.69, 9.17) is 4.74 Å². The molecule has 34 heavy (non-hydrogen) atoms. The van der Waals surface area contributed by atoms with E-state index < -0.39 is 0 Å². The van der Waals surface area contributed by atoms with Crippen molar-refractivity contribution >= 4 is 23.0 Å². The molecule has 3 aliphatic rings. The van der Waals surface area contributed by atoms with Crippen molar-refractivity contribution in [3.63, 3.8) is 0 Å². The van der Waals surface area contributed by atoms with Crippen LogP contribution in [0.15, 0.2) is 66.6 Å². The molecule has 4 bridgehead atoms. The molecule has 2 aromatic heterocycles. The first-order valence-electron chi connectivity index (χ1n) is 11.3. The lowest BCUT2D eigenvalue weighted by molar-refractivity contribution is 0.101. The van der Waals surface area contributed by atoms with Gasteiger partial charge in [0.15, 0.2) is 5.82 Å². The fourth-order valence-electron chi connectivity index (χ4n) is 4.18. The highest BCUT2D eigenvalue weighted by atomic mass is 16.5. The van der Waals surface area contributed by atoms with Gasteiger partial charge in [-0.1, -0.05) is 18.7 Å². The molecule has 3 aromatic rings. The maximum atomic E-state index is 13.3. The fraction of sp³-hybridized carbons (Fsp3) is 0.269. The molecule has 6 rings (SSSR count). The highest BCUT2D eigenvalue weighted by Crippen LogP contribution is 2.40. The zero-order chi connectivity index (χ0) is 23.7. The monoisotopic (exact) mass is 454 g/mol. The Bertz CT molecular complexity index is 1320. The molecule has 1 N–H and O–H groups in total. The molecule has 0 atom stereocenters. The molecule has 172 valence electrons. The molecule has 1 amide bonds. The Labute approximate surface area is 198 Å². The average molecular weight is 455 g/mol. The summed E-state index contributed by atoms with van der Waals surface area (Å²) in [5.41, 5.74) is 3.77. The van der Waals surface area contributed by atoms with Gasteiger partial charge in [-0.25, -0.2) is 4.98 Å². The van der Waals surface area contributed by atoms with E-state index >= 15 is 0 Å². The van der Waals surface area contributed by atoms with Gasteiger partial charge in [0.1, 0.15) is 23.6 Å². The van der Waals surface area contributed by atoms with Gasteiger partial charge in [-0.15, -0.1) is 10.2 Å². The first kappa shape index (κ1) is 21.8. The third-order valence-electron chi connectivity index (χ3n) is 6.31. The van der Waals surface area contributed by atoms with Crippen molar-refractivity contribution in [3.05, 3.63) is 72.7 Å². The SMILES string of the molecule is C=C/C(C)=N\C=C(/C)c1ccc2c(c1)C(=O)Nc1cccc(n1)-c1nncn1C1CC(CO2)C1. The van der Waals surface area contributed by atoms with Crippen LogP contribution >= 0.6 is 0 Å². The number of nitrogens with one attached hydrogen (secondary N) is 1. The maximum absolute atomic E-state index is 13.3. The van der Waals surface area contributed by atoms with E-state index in [1.54, 1.807) is 24.7 Å². The number of nitrogens with zero attached hydrogens (tertiary/aromatic N) is 5. The molecule has 1 aromatic carbocycles. The molecule has 0 saturated heterocycles. The topological polar surface area (TPSA) is 94.3 Å². The van der Waals surface area contributed by atoms with Gasteiger partial charge >= 0.3 is 0 Å². The van der Waals surface area contributed by atoms with Crippen molar-refractivity contribution in [2.75, 3.05) is 11.9 Å². The minimum atomic E-state index is -0.287. The number of amides is 1. The van der Waals surface area contributed by atoms with Gasteiger partial charge in [-0.3, -0.25) is 9.79 Å². The standard InChI is InChI=1S/C26H26N6O2/c1-4-17(3)27-13-16(2)19-8-9-23-21(12-19)26(33)30-24-7-5-6-22(29-24)25-31-28-15-32(25)20-10-18(11-20)14-34-23/h4-9,12-13,15,18,20H,1,10-11,14H2,2-3H3,(H,29,30,33)/b16-13+,27-17-. The second-order valence-corrected chi connectivity index (χ2v) is 8.72. The summed E-state index contributed by atoms with van der Waals surface area (Å²) in [4.78, 5) is 22.3. The quantitative estimate of drug-likeness (QED) is 0.566. The number of hydrogen-bond acceptors (Lipinski definition) is 6. The van der Waals surface area contributed by atoms with Crippen LogP contribution in [0.25, 0.3) is 17.1 Å². The minimum Gasteiger partial charge on any atom is -0.492 e. The van der Waals surface area contributed by atoms with Gasteiger partial charge in [0.2, 0.25) is 0 Å². The van der Waals surface area contributed by atoms with E-state index in [1.165, 1.54) is 0 Å². The van der Waals surface area contributed by atoms with Crippen LogP contribution in [-0.2, 0) is 0 Å². The van der Waals surface area contributed by atoms with Gasteiger partial charge in [0.05, 0.1) is 12.2 Å². The number of hydrogen-bond donors (Lipinski definition) is 1. The Morgan fingerprint density at radius 1 is 1.26 bits per heavy atom. The second-order valence-electron chi connectivity index (χ2n) is 8.72. The van der Waals surface area contributed by atoms with E-state index in [0.717, 1.165) is 29.7 Å². The highest BCUT2D eigenvalue weighted by molar-refractivity contribution is 6.06. The Balaban J connectivity index is 1.53. The van der Waals surface area contributed by atoms with E-state index in [2.05, 4.69) is 36.6 Å². The minimum absolute atomic E-state index is 0.287. The number of carbonyl (C=O) groups is 1. The van der Waals surface area contributed by atoms with Crippen molar-refractivity contribution in [1.82, 2.24) is 19.7 Å². The molecular weight excluding hydrogens is 428 g/mol. The van der Waals surface area contributed by atoms with Crippen molar-refractivity contribution in [1.29, 1.82) is 0 Å². The number of aromatic nitrogens is 4. The summed E-state index contributed by atoms with van der Waals surface area (Å²) in [6, 6.07) is 11.5. The van der Waals surface area contributed by atoms with Crippen molar-refractivity contribution < 1.29 is 9.53 Å². The van der Waals surface area contributed by atoms with E-state index in [1.807, 2.05) is 44.2 Å². The third kappa shape index (κ3) is 4.26. The number of pyridine rings is 1. The Hall–Kier alpha value is -4.07. The summed E-state index contributed by atoms with van der Waals surface area (Å²) in [5.74, 6) is 1.81. The number of aliphatic imine (C=N–C) groups is 1. The van der Waals surface area contributed by atoms with Gasteiger partial charge < -0.3 is 14.6 Å². The molecule has 2 aliphatic heterocycles. The Kier molecular flexibility index (Phi) is 5.79. The summed E-state index contributed by atoms with van der Waals surface area (Å²) >= 11 is 0. The van der Waals surface area contributed by atoms with E-state index in [-0.39, 0.29) is 5.91 Å². The molecule has 8 nitrogen and oxygen atoms in total. The normalized spacial score (nSPS) is 20.1. The van der Waals surface area contributed by atoms with Crippen LogP contribution in [0.5, 0.6) is 5.75 Å². The molecule has 0 unspecified atom stereocenters. The fourth-order valence-corrected chi connectivity index (χ4v) is 4.18. The van der Waals surface area contributed by atoms with Crippen molar-refractivity contribution in [2.45, 2.75) is 32.7 Å². The summed E-state index contributed by atoms with van der Waals surface area (Å²) in [6.07, 6.45) is 7.15. The zero-order valence-corrected chi connectivity index (χ0v) is 19.2. The predicted molar refractivity (Wildman–Crippen MR) is 132 cm³/mol. The van der Waals surface area contributed by atoms with Crippen LogP contribution in [0, 0.1) is 5.92 Å². The lowest BCUT2D eigenvalue weighted by atomic mass is 9.80. The van der Waals surface area contributed by atoms with E-state index in [9.17, 15) is 4.79 Å². The zero-order valence-electron chi connectivity index (χ0n) is 19.2. The molecule has 4 heterocycles. The molecule has 1 aliphatic carbocycles. The number of fused-ring (bicyclic) bond motifs is 2. The van der Waals surface area contributed by atoms with Gasteiger partial charge in [-0.2, -0.15) is 0 Å². The summed E-state index contributed by atoms with van der Waals surface area (Å²) in [7, 11) is 0. The molecule has 1 fully saturated rings. The lowest BCUT2D eigenvalue weighted by Crippen LogP contribution is -2.31. The molecule has 0 spiro atoms. The summed E-state index contributed by atoms with van der Waals surface area (Å²) in [5, 5.41) is 11.3. The number of ether oxygens (including phenoxy) is 1. The number of rotatable bonds is 3. The third-order valence-corrected chi connectivity index (χ3v) is 6.31. The first-order chi connectivity index (χ1) is 16.5. The van der Waals surface area contributed by atoms with Gasteiger partial charge in [-0.05, 0) is 74.1 Å². The van der Waals surface area contributed by atoms with Crippen LogP contribution in [0.1, 0.15) is 48.7 Å². The molecule has 1 saturated carbocycles. The smallest absolute Gasteiger partial charge is 0.260 e. The number of allylic oxidation sites excluding steroid dienone is 2. The second kappa shape index (κ2) is 9.05. The van der Waals surface area contributed by atoms with Crippen LogP contribution in [0.4, 0.5) is 5.82 Å². The number of anilines is 1. The molecular formula is C26H26N6O2. The number of benzene rings is 1. The average Bonchev–Trinajstić information content (AvgIpc) is 3.30. The number of carbonyl (C=O) groups excluding carboxylic acids is 1. The van der Waals surface area contributed by atoms with Gasteiger partial charge in [0.25, 0.3) is 5.91 Å². The molecule has 8 heteroatoms. The summed E-state index contributed by atoms with van der Waals surface area (Å²) in [6.45, 7) is 8.12. The van der Waals surface area contributed by atoms with Crippen molar-refractivity contribution in [2.24, 2.45) is 10.9 Å². The van der Waals surface area contributed by atoms with Crippen LogP contribution in [-0.4, -0.2) is 38.0 Å². The van der Waals surface area contributed by atoms with E-state index in [0.29, 0.717) is 47.2 Å². The summed E-state index contributed by atoms with van der Waals surface area (Å²) < 4.78 is 8.22. The van der Waals surface area contributed by atoms with Crippen LogP contribution in [0.3, 0.4) is 0 Å². The Morgan fingerprint density at radius 3 is 2.94 bits per heavy atom. The van der Waals surface area contributed by atoms with Crippen LogP contribution in [0.2, 0.25) is 0 Å². The van der Waals surface area contributed by atoms with Gasteiger partial charge in [0, 0.05) is 18.0 Å². The molecule has 0 radical (unpaired) electrons. The highest BCUT2D eigenvalue weighted by Gasteiger charge is 2.33. The predicted octanol–water partition coefficient (Wildman–Crippen LogP) is 4.94.